The minimum Gasteiger partial charge on any atom is -0.364 e. The van der Waals surface area contributed by atoms with Gasteiger partial charge in [0.25, 0.3) is 0 Å². The van der Waals surface area contributed by atoms with Crippen molar-refractivity contribution in [1.82, 2.24) is 10.6 Å². The normalized spacial score (nSPS) is 15.9. The summed E-state index contributed by atoms with van der Waals surface area (Å²) in [6.07, 6.45) is -0.0556. The highest BCUT2D eigenvalue weighted by molar-refractivity contribution is 5.24. The number of nitrogens with one attached hydrogen (secondary N) is 2. The van der Waals surface area contributed by atoms with Crippen molar-refractivity contribution in [2.24, 2.45) is 4.99 Å². The van der Waals surface area contributed by atoms with Gasteiger partial charge in [0.1, 0.15) is 6.23 Å². The van der Waals surface area contributed by atoms with Crippen LogP contribution in [0.3, 0.4) is 0 Å². The molecule has 2 atom stereocenters. The van der Waals surface area contributed by atoms with E-state index in [1.54, 1.807) is 7.11 Å². The van der Waals surface area contributed by atoms with Crippen molar-refractivity contribution < 1.29 is 4.74 Å². The number of hydrogen-bond acceptors (Lipinski definition) is 4. The third-order valence-electron chi connectivity index (χ3n) is 1.46. The van der Waals surface area contributed by atoms with Gasteiger partial charge in [0.2, 0.25) is 0 Å². The van der Waals surface area contributed by atoms with E-state index in [0.29, 0.717) is 6.67 Å². The summed E-state index contributed by atoms with van der Waals surface area (Å²) in [6, 6.07) is 0.0772. The van der Waals surface area contributed by atoms with Gasteiger partial charge in [0, 0.05) is 13.8 Å². The fourth-order valence-electron chi connectivity index (χ4n) is 0.749. The largest absolute Gasteiger partial charge is 0.364 e. The molecule has 0 saturated heterocycles. The fourth-order valence-corrected chi connectivity index (χ4v) is 0.749. The molecule has 4 heteroatoms. The summed E-state index contributed by atoms with van der Waals surface area (Å²) in [5.41, 5.74) is 0. The molecule has 0 aliphatic carbocycles. The average molecular weight is 159 g/mol. The van der Waals surface area contributed by atoms with Crippen LogP contribution in [0.1, 0.15) is 6.92 Å². The van der Waals surface area contributed by atoms with E-state index in [1.165, 1.54) is 0 Å². The second-order valence-electron chi connectivity index (χ2n) is 2.31. The Balaban J connectivity index is 3.64. The molecule has 0 spiro atoms. The molecule has 0 bridgehead atoms. The van der Waals surface area contributed by atoms with Crippen LogP contribution in [0.15, 0.2) is 4.99 Å². The molecule has 4 nitrogen and oxygen atoms in total. The van der Waals surface area contributed by atoms with E-state index in [2.05, 4.69) is 22.3 Å². The monoisotopic (exact) mass is 159 g/mol. The molecule has 11 heavy (non-hydrogen) atoms. The molecule has 0 amide bonds. The highest BCUT2D eigenvalue weighted by atomic mass is 16.5. The van der Waals surface area contributed by atoms with E-state index in [4.69, 9.17) is 4.74 Å². The van der Waals surface area contributed by atoms with Gasteiger partial charge in [-0.1, -0.05) is 0 Å². The maximum absolute atomic E-state index is 5.12. The van der Waals surface area contributed by atoms with Gasteiger partial charge < -0.3 is 10.1 Å². The van der Waals surface area contributed by atoms with E-state index in [1.807, 2.05) is 14.0 Å². The van der Waals surface area contributed by atoms with E-state index >= 15 is 0 Å². The zero-order valence-electron chi connectivity index (χ0n) is 7.42. The summed E-state index contributed by atoms with van der Waals surface area (Å²) in [5, 5.41) is 6.06. The Morgan fingerprint density at radius 2 is 2.27 bits per heavy atom. The Kier molecular flexibility index (Phi) is 6.02. The third-order valence-corrected chi connectivity index (χ3v) is 1.46. The summed E-state index contributed by atoms with van der Waals surface area (Å²) >= 11 is 0. The first-order valence-electron chi connectivity index (χ1n) is 3.62. The van der Waals surface area contributed by atoms with Crippen LogP contribution in [-0.2, 0) is 4.74 Å². The van der Waals surface area contributed by atoms with Gasteiger partial charge >= 0.3 is 0 Å². The Hall–Kier alpha value is -0.450. The van der Waals surface area contributed by atoms with Crippen molar-refractivity contribution in [3.63, 3.8) is 0 Å². The Morgan fingerprint density at radius 3 is 2.64 bits per heavy atom. The van der Waals surface area contributed by atoms with Crippen LogP contribution in [-0.4, -0.2) is 39.8 Å². The predicted molar refractivity (Wildman–Crippen MR) is 46.9 cm³/mol. The minimum absolute atomic E-state index is 0.0556. The molecular weight excluding hydrogens is 142 g/mol. The van der Waals surface area contributed by atoms with Crippen molar-refractivity contribution in [3.8, 4) is 0 Å². The van der Waals surface area contributed by atoms with Gasteiger partial charge in [0.15, 0.2) is 0 Å². The summed E-state index contributed by atoms with van der Waals surface area (Å²) < 4.78 is 5.12. The molecule has 0 radical (unpaired) electrons. The molecule has 0 aliphatic heterocycles. The Morgan fingerprint density at radius 1 is 1.64 bits per heavy atom. The fraction of sp³-hybridized carbons (Fsp3) is 0.857. The molecule has 2 N–H and O–H groups in total. The van der Waals surface area contributed by atoms with Crippen molar-refractivity contribution >= 4 is 6.72 Å². The average Bonchev–Trinajstić information content (AvgIpc) is 2.05. The molecular formula is C7H17N3O. The molecule has 2 unspecified atom stereocenters. The lowest BCUT2D eigenvalue weighted by Gasteiger charge is -2.20. The number of nitrogens with zero attached hydrogens (tertiary/aromatic N) is 1. The van der Waals surface area contributed by atoms with Crippen LogP contribution in [0, 0.1) is 0 Å². The van der Waals surface area contributed by atoms with Crippen molar-refractivity contribution in [1.29, 1.82) is 0 Å². The highest BCUT2D eigenvalue weighted by Gasteiger charge is 2.12. The van der Waals surface area contributed by atoms with Crippen LogP contribution in [0.2, 0.25) is 0 Å². The summed E-state index contributed by atoms with van der Waals surface area (Å²) in [5.74, 6) is 0. The summed E-state index contributed by atoms with van der Waals surface area (Å²) in [6.45, 7) is 6.10. The van der Waals surface area contributed by atoms with Crippen LogP contribution in [0.4, 0.5) is 0 Å². The standard InChI is InChI=1S/C7H17N3O/c1-6(9-3)7(11-4)10-5-8-2/h6-8,10H,3,5H2,1-2,4H3. The van der Waals surface area contributed by atoms with Crippen molar-refractivity contribution in [3.05, 3.63) is 0 Å². The van der Waals surface area contributed by atoms with Gasteiger partial charge in [-0.2, -0.15) is 0 Å². The lowest BCUT2D eigenvalue weighted by Crippen LogP contribution is -2.42. The lowest BCUT2D eigenvalue weighted by atomic mass is 10.3. The third kappa shape index (κ3) is 4.08. The van der Waals surface area contributed by atoms with Crippen molar-refractivity contribution in [2.45, 2.75) is 19.2 Å². The molecule has 0 aromatic carbocycles. The number of aliphatic imine (C=N–C) groups is 1. The van der Waals surface area contributed by atoms with Crippen LogP contribution >= 0.6 is 0 Å². The number of rotatable bonds is 6. The SMILES string of the molecule is C=NC(C)C(NCNC)OC. The molecule has 0 heterocycles. The molecule has 0 saturated carbocycles. The molecule has 0 rings (SSSR count). The smallest absolute Gasteiger partial charge is 0.130 e. The minimum atomic E-state index is -0.0556. The number of ether oxygens (including phenoxy) is 1. The first-order valence-corrected chi connectivity index (χ1v) is 3.62. The van der Waals surface area contributed by atoms with Gasteiger partial charge in [0.05, 0.1) is 6.04 Å². The first kappa shape index (κ1) is 10.6. The van der Waals surface area contributed by atoms with Crippen LogP contribution < -0.4 is 10.6 Å². The van der Waals surface area contributed by atoms with Crippen LogP contribution in [0.25, 0.3) is 0 Å². The van der Waals surface area contributed by atoms with Gasteiger partial charge in [-0.25, -0.2) is 0 Å². The Labute approximate surface area is 68.0 Å². The maximum atomic E-state index is 5.12. The highest BCUT2D eigenvalue weighted by Crippen LogP contribution is 1.96. The molecule has 0 aliphatic rings. The second kappa shape index (κ2) is 6.27. The molecule has 66 valence electrons. The van der Waals surface area contributed by atoms with E-state index in [9.17, 15) is 0 Å². The number of hydrogen-bond donors (Lipinski definition) is 2. The maximum Gasteiger partial charge on any atom is 0.130 e. The van der Waals surface area contributed by atoms with Gasteiger partial charge in [-0.05, 0) is 20.7 Å². The molecule has 0 aromatic heterocycles. The predicted octanol–water partition coefficient (Wildman–Crippen LogP) is -0.185. The topological polar surface area (TPSA) is 45.7 Å². The van der Waals surface area contributed by atoms with Crippen LogP contribution in [0.5, 0.6) is 0 Å². The second-order valence-corrected chi connectivity index (χ2v) is 2.31. The lowest BCUT2D eigenvalue weighted by molar-refractivity contribution is 0.0570. The van der Waals surface area contributed by atoms with Gasteiger partial charge in [-0.3, -0.25) is 10.3 Å². The van der Waals surface area contributed by atoms with Crippen molar-refractivity contribution in [2.75, 3.05) is 20.8 Å². The Bertz CT molecular complexity index is 108. The van der Waals surface area contributed by atoms with E-state index in [-0.39, 0.29) is 12.3 Å². The first-order chi connectivity index (χ1) is 5.26. The van der Waals surface area contributed by atoms with E-state index < -0.39 is 0 Å². The van der Waals surface area contributed by atoms with Gasteiger partial charge in [-0.15, -0.1) is 0 Å². The zero-order chi connectivity index (χ0) is 8.69. The summed E-state index contributed by atoms with van der Waals surface area (Å²) in [4.78, 5) is 3.85. The number of methoxy groups -OCH3 is 1. The zero-order valence-corrected chi connectivity index (χ0v) is 7.42. The molecule has 0 fully saturated rings. The summed E-state index contributed by atoms with van der Waals surface area (Å²) in [7, 11) is 3.51. The quantitative estimate of drug-likeness (QED) is 0.417. The molecule has 0 aromatic rings. The van der Waals surface area contributed by atoms with E-state index in [0.717, 1.165) is 0 Å².